The fourth-order valence-electron chi connectivity index (χ4n) is 7.91. The van der Waals surface area contributed by atoms with Crippen molar-refractivity contribution >= 4 is 11.7 Å². The molecule has 280 valence electrons. The van der Waals surface area contributed by atoms with E-state index in [0.29, 0.717) is 30.6 Å². The Labute approximate surface area is 302 Å². The molecular weight excluding hydrogens is 675 g/mol. The lowest BCUT2D eigenvalue weighted by Crippen LogP contribution is -2.55. The molecule has 1 saturated carbocycles. The number of halogens is 3. The molecule has 7 rings (SSSR count). The number of aliphatic hydroxyl groups excluding tert-OH is 1. The van der Waals surface area contributed by atoms with Crippen LogP contribution in [0.15, 0.2) is 43.0 Å². The Hall–Kier alpha value is -4.01. The lowest BCUT2D eigenvalue weighted by Gasteiger charge is -2.44. The fourth-order valence-corrected chi connectivity index (χ4v) is 7.91. The lowest BCUT2D eigenvalue weighted by molar-refractivity contribution is -0.120. The molecule has 0 unspecified atom stereocenters. The molecule has 3 aromatic rings. The van der Waals surface area contributed by atoms with E-state index in [1.807, 2.05) is 12.3 Å². The van der Waals surface area contributed by atoms with Gasteiger partial charge in [0, 0.05) is 113 Å². The molecule has 2 saturated heterocycles. The van der Waals surface area contributed by atoms with Gasteiger partial charge in [0.25, 0.3) is 11.8 Å². The van der Waals surface area contributed by atoms with Crippen molar-refractivity contribution in [2.24, 2.45) is 5.92 Å². The molecule has 4 aliphatic rings. The van der Waals surface area contributed by atoms with E-state index < -0.39 is 36.5 Å². The van der Waals surface area contributed by atoms with Crippen LogP contribution in [0.3, 0.4) is 0 Å². The largest absolute Gasteiger partial charge is 0.490 e. The maximum absolute atomic E-state index is 14.5. The Morgan fingerprint density at radius 1 is 1.04 bits per heavy atom. The van der Waals surface area contributed by atoms with Gasteiger partial charge in [0.15, 0.2) is 11.6 Å². The number of carbonyl (C=O) groups excluding carboxylic acids is 1. The van der Waals surface area contributed by atoms with Gasteiger partial charge in [0.05, 0.1) is 11.8 Å². The third-order valence-electron chi connectivity index (χ3n) is 10.7. The van der Waals surface area contributed by atoms with Crippen LogP contribution < -0.4 is 14.4 Å². The van der Waals surface area contributed by atoms with Crippen molar-refractivity contribution in [3.05, 3.63) is 65.6 Å². The van der Waals surface area contributed by atoms with E-state index in [9.17, 15) is 23.1 Å². The summed E-state index contributed by atoms with van der Waals surface area (Å²) < 4.78 is 54.9. The van der Waals surface area contributed by atoms with Crippen molar-refractivity contribution in [2.45, 2.75) is 83.0 Å². The summed E-state index contributed by atoms with van der Waals surface area (Å²) in [4.78, 5) is 35.4. The summed E-state index contributed by atoms with van der Waals surface area (Å²) in [6, 6.07) is 4.63. The minimum Gasteiger partial charge on any atom is -0.490 e. The summed E-state index contributed by atoms with van der Waals surface area (Å²) in [7, 11) is 0. The maximum Gasteiger partial charge on any atom is 0.258 e. The number of amides is 1. The average Bonchev–Trinajstić information content (AvgIpc) is 3.10. The monoisotopic (exact) mass is 723 g/mol. The Morgan fingerprint density at radius 2 is 1.81 bits per heavy atom. The van der Waals surface area contributed by atoms with Gasteiger partial charge in [-0.2, -0.15) is 0 Å². The van der Waals surface area contributed by atoms with E-state index in [1.54, 1.807) is 13.8 Å². The molecule has 0 spiro atoms. The highest BCUT2D eigenvalue weighted by molar-refractivity contribution is 5.97. The number of pyridine rings is 1. The topological polar surface area (TPSA) is 107 Å². The van der Waals surface area contributed by atoms with E-state index >= 15 is 0 Å². The number of ether oxygens (including phenoxy) is 2. The van der Waals surface area contributed by atoms with Crippen LogP contribution >= 0.6 is 0 Å². The van der Waals surface area contributed by atoms with Crippen LogP contribution in [0.25, 0.3) is 0 Å². The van der Waals surface area contributed by atoms with E-state index in [2.05, 4.69) is 29.7 Å². The molecule has 0 bridgehead atoms. The Balaban J connectivity index is 0.977. The van der Waals surface area contributed by atoms with Crippen LogP contribution in [0.5, 0.6) is 17.2 Å². The molecule has 11 nitrogen and oxygen atoms in total. The van der Waals surface area contributed by atoms with Crippen molar-refractivity contribution in [3.8, 4) is 17.2 Å². The summed E-state index contributed by atoms with van der Waals surface area (Å²) in [6.45, 7) is 10.9. The predicted molar refractivity (Wildman–Crippen MR) is 188 cm³/mol. The van der Waals surface area contributed by atoms with Crippen LogP contribution in [-0.4, -0.2) is 117 Å². The first kappa shape index (κ1) is 36.4. The third kappa shape index (κ3) is 8.13. The number of anilines is 1. The fraction of sp³-hybridized carbons (Fsp3) is 0.579. The van der Waals surface area contributed by atoms with Gasteiger partial charge in [-0.1, -0.05) is 0 Å². The van der Waals surface area contributed by atoms with Crippen LogP contribution in [0.4, 0.5) is 19.0 Å². The summed E-state index contributed by atoms with van der Waals surface area (Å²) >= 11 is 0. The smallest absolute Gasteiger partial charge is 0.258 e. The summed E-state index contributed by atoms with van der Waals surface area (Å²) in [5, 5.41) is 9.28. The number of nitrogens with zero attached hydrogens (tertiary/aromatic N) is 7. The van der Waals surface area contributed by atoms with Crippen molar-refractivity contribution in [1.82, 2.24) is 29.7 Å². The molecular formula is C38H48F3N7O4. The number of benzene rings is 1. The lowest BCUT2D eigenvalue weighted by atomic mass is 9.85. The molecule has 2 aromatic heterocycles. The number of aromatic nitrogens is 3. The average molecular weight is 724 g/mol. The zero-order chi connectivity index (χ0) is 36.4. The maximum atomic E-state index is 14.5. The first-order chi connectivity index (χ1) is 25.1. The van der Waals surface area contributed by atoms with Crippen LogP contribution in [0, 0.1) is 11.7 Å². The Bertz CT molecular complexity index is 1710. The number of aliphatic hydroxyl groups is 1. The van der Waals surface area contributed by atoms with Gasteiger partial charge in [0.1, 0.15) is 29.7 Å². The number of carbonyl (C=O) groups is 1. The van der Waals surface area contributed by atoms with Gasteiger partial charge < -0.3 is 29.3 Å². The molecule has 52 heavy (non-hydrogen) atoms. The molecule has 1 amide bonds. The zero-order valence-corrected chi connectivity index (χ0v) is 29.9. The summed E-state index contributed by atoms with van der Waals surface area (Å²) in [5.74, 6) is -1.74. The normalized spacial score (nSPS) is 19.9. The van der Waals surface area contributed by atoms with Crippen molar-refractivity contribution < 1.29 is 32.5 Å². The molecule has 1 aromatic carbocycles. The van der Waals surface area contributed by atoms with Crippen molar-refractivity contribution in [2.75, 3.05) is 57.3 Å². The van der Waals surface area contributed by atoms with E-state index in [1.165, 1.54) is 35.1 Å². The molecule has 3 aliphatic heterocycles. The van der Waals surface area contributed by atoms with Gasteiger partial charge in [-0.3, -0.25) is 14.7 Å². The second-order valence-corrected chi connectivity index (χ2v) is 14.9. The molecule has 0 atom stereocenters. The van der Waals surface area contributed by atoms with E-state index in [-0.39, 0.29) is 30.1 Å². The van der Waals surface area contributed by atoms with Crippen molar-refractivity contribution in [3.63, 3.8) is 0 Å². The van der Waals surface area contributed by atoms with Crippen LogP contribution in [0.2, 0.25) is 0 Å². The van der Waals surface area contributed by atoms with Gasteiger partial charge in [-0.05, 0) is 57.6 Å². The molecule has 1 N–H and O–H groups in total. The number of piperidine rings is 1. The highest BCUT2D eigenvalue weighted by atomic mass is 19.3. The highest BCUT2D eigenvalue weighted by Crippen LogP contribution is 2.42. The van der Waals surface area contributed by atoms with Crippen LogP contribution in [-0.2, 0) is 13.0 Å². The Kier molecular flexibility index (Phi) is 10.9. The molecule has 0 radical (unpaired) electrons. The number of likely N-dealkylation sites (tertiary alicyclic amines) is 1. The summed E-state index contributed by atoms with van der Waals surface area (Å²) in [5.41, 5.74) is 2.22. The standard InChI is InChI=1S/C38H48F3N7O4/c1-25(2)48(28-17-38(40,41)18-28)37(50)30-16-27(39)4-5-33(30)52-35-19-42-24-44-36(35)47-14-7-29(8-15-47)51-34-6-10-43-32-9-13-45(22-31(32)34)11-3-12-46-20-26(21-46)23-49/h4-6,10,16,19,24-26,28-29,49H,3,7-9,11-15,17-18,20-23H2,1-2H3. The number of hydrogen-bond acceptors (Lipinski definition) is 10. The minimum atomic E-state index is -2.81. The number of hydrogen-bond donors (Lipinski definition) is 1. The van der Waals surface area contributed by atoms with Gasteiger partial charge in [0.2, 0.25) is 0 Å². The number of fused-ring (bicyclic) bond motifs is 1. The Morgan fingerprint density at radius 3 is 2.54 bits per heavy atom. The molecule has 5 heterocycles. The highest BCUT2D eigenvalue weighted by Gasteiger charge is 2.50. The SMILES string of the molecule is CC(C)N(C(=O)c1cc(F)ccc1Oc1cncnc1N1CCC(Oc2ccnc3c2CN(CCCN2CC(CO)C2)CC3)CC1)C1CC(F)(F)C1. The predicted octanol–water partition coefficient (Wildman–Crippen LogP) is 5.17. The van der Waals surface area contributed by atoms with E-state index in [4.69, 9.17) is 9.47 Å². The second-order valence-electron chi connectivity index (χ2n) is 14.9. The van der Waals surface area contributed by atoms with Gasteiger partial charge >= 0.3 is 0 Å². The van der Waals surface area contributed by atoms with Crippen molar-refractivity contribution in [1.29, 1.82) is 0 Å². The number of rotatable bonds is 13. The second kappa shape index (κ2) is 15.5. The molecule has 1 aliphatic carbocycles. The first-order valence-electron chi connectivity index (χ1n) is 18.5. The zero-order valence-electron chi connectivity index (χ0n) is 29.9. The van der Waals surface area contributed by atoms with Gasteiger partial charge in [-0.15, -0.1) is 0 Å². The third-order valence-corrected chi connectivity index (χ3v) is 10.7. The quantitative estimate of drug-likeness (QED) is 0.254. The van der Waals surface area contributed by atoms with Crippen LogP contribution in [0.1, 0.15) is 67.6 Å². The minimum absolute atomic E-state index is 0.00237. The number of alkyl halides is 2. The molecule has 3 fully saturated rings. The first-order valence-corrected chi connectivity index (χ1v) is 18.5. The summed E-state index contributed by atoms with van der Waals surface area (Å²) in [6.07, 6.45) is 7.40. The van der Waals surface area contributed by atoms with E-state index in [0.717, 1.165) is 82.5 Å². The molecule has 14 heteroatoms. The van der Waals surface area contributed by atoms with Gasteiger partial charge in [-0.25, -0.2) is 23.1 Å².